The highest BCUT2D eigenvalue weighted by Crippen LogP contribution is 2.29. The summed E-state index contributed by atoms with van der Waals surface area (Å²) in [5, 5.41) is 2.89. The van der Waals surface area contributed by atoms with Crippen LogP contribution >= 0.6 is 0 Å². The molecule has 0 aromatic heterocycles. The van der Waals surface area contributed by atoms with E-state index in [2.05, 4.69) is 24.2 Å². The molecule has 1 N–H and O–H groups in total. The van der Waals surface area contributed by atoms with Crippen molar-refractivity contribution in [2.24, 2.45) is 5.92 Å². The Hall–Kier alpha value is -1.10. The molecule has 2 heterocycles. The standard InChI is InChI=1S/C15H27N3O2/c1-6-15(4)14(20)18(11(3)13(19)16-15)12-7-8-17(5)9-10(12)2/h10-12H,6-9H2,1-5H3,(H,16,19). The maximum atomic E-state index is 12.9. The van der Waals surface area contributed by atoms with E-state index in [4.69, 9.17) is 0 Å². The molecule has 5 heteroatoms. The SMILES string of the molecule is CCC1(C)NC(=O)C(C)N(C2CCN(C)CC2C)C1=O. The summed E-state index contributed by atoms with van der Waals surface area (Å²) >= 11 is 0. The molecule has 2 rings (SSSR count). The van der Waals surface area contributed by atoms with Crippen molar-refractivity contribution in [1.29, 1.82) is 0 Å². The Kier molecular flexibility index (Phi) is 4.09. The summed E-state index contributed by atoms with van der Waals surface area (Å²) in [7, 11) is 2.11. The third-order valence-electron chi connectivity index (χ3n) is 5.03. The molecule has 4 unspecified atom stereocenters. The Labute approximate surface area is 121 Å². The minimum Gasteiger partial charge on any atom is -0.340 e. The Morgan fingerprint density at radius 2 is 2.00 bits per heavy atom. The number of nitrogens with one attached hydrogen (secondary N) is 1. The molecular formula is C15H27N3O2. The molecule has 2 saturated heterocycles. The van der Waals surface area contributed by atoms with Crippen LogP contribution in [0.25, 0.3) is 0 Å². The molecule has 4 atom stereocenters. The fraction of sp³-hybridized carbons (Fsp3) is 0.867. The molecule has 20 heavy (non-hydrogen) atoms. The molecule has 2 aliphatic heterocycles. The van der Waals surface area contributed by atoms with Crippen molar-refractivity contribution >= 4 is 11.8 Å². The third kappa shape index (κ3) is 2.43. The first-order valence-corrected chi connectivity index (χ1v) is 7.63. The minimum atomic E-state index is -0.743. The number of hydrogen-bond donors (Lipinski definition) is 1. The van der Waals surface area contributed by atoms with Crippen molar-refractivity contribution in [3.8, 4) is 0 Å². The van der Waals surface area contributed by atoms with Gasteiger partial charge in [0.05, 0.1) is 0 Å². The Bertz CT molecular complexity index is 412. The second kappa shape index (κ2) is 5.35. The van der Waals surface area contributed by atoms with Crippen molar-refractivity contribution in [2.75, 3.05) is 20.1 Å². The molecule has 0 radical (unpaired) electrons. The average Bonchev–Trinajstić information content (AvgIpc) is 2.39. The smallest absolute Gasteiger partial charge is 0.248 e. The van der Waals surface area contributed by atoms with Crippen LogP contribution in [0.3, 0.4) is 0 Å². The van der Waals surface area contributed by atoms with Gasteiger partial charge in [0.25, 0.3) is 0 Å². The van der Waals surface area contributed by atoms with E-state index in [-0.39, 0.29) is 23.9 Å². The highest BCUT2D eigenvalue weighted by molar-refractivity contribution is 5.99. The molecule has 2 amide bonds. The lowest BCUT2D eigenvalue weighted by Crippen LogP contribution is -2.71. The van der Waals surface area contributed by atoms with Crippen molar-refractivity contribution in [2.45, 2.75) is 58.2 Å². The fourth-order valence-corrected chi connectivity index (χ4v) is 3.45. The predicted octanol–water partition coefficient (Wildman–Crippen LogP) is 0.842. The van der Waals surface area contributed by atoms with Gasteiger partial charge in [-0.05, 0) is 46.2 Å². The van der Waals surface area contributed by atoms with Crippen LogP contribution in [-0.4, -0.2) is 59.4 Å². The molecule has 0 saturated carbocycles. The van der Waals surface area contributed by atoms with Gasteiger partial charge in [-0.2, -0.15) is 0 Å². The first-order valence-electron chi connectivity index (χ1n) is 7.63. The number of carbonyl (C=O) groups is 2. The molecule has 114 valence electrons. The van der Waals surface area contributed by atoms with Gasteiger partial charge in [-0.3, -0.25) is 9.59 Å². The largest absolute Gasteiger partial charge is 0.340 e. The molecule has 0 spiro atoms. The number of amides is 2. The molecule has 0 aliphatic carbocycles. The summed E-state index contributed by atoms with van der Waals surface area (Å²) in [6, 6.07) is -0.191. The normalized spacial score (nSPS) is 39.9. The van der Waals surface area contributed by atoms with Gasteiger partial charge in [-0.15, -0.1) is 0 Å². The monoisotopic (exact) mass is 281 g/mol. The molecule has 0 aromatic carbocycles. The second-order valence-corrected chi connectivity index (χ2v) is 6.66. The van der Waals surface area contributed by atoms with Gasteiger partial charge in [0, 0.05) is 12.6 Å². The van der Waals surface area contributed by atoms with Crippen molar-refractivity contribution in [3.05, 3.63) is 0 Å². The fourth-order valence-electron chi connectivity index (χ4n) is 3.45. The van der Waals surface area contributed by atoms with Crippen LogP contribution in [0.1, 0.15) is 40.5 Å². The highest BCUT2D eigenvalue weighted by Gasteiger charge is 2.49. The summed E-state index contributed by atoms with van der Waals surface area (Å²) in [5.74, 6) is 0.445. The number of carbonyl (C=O) groups excluding carboxylic acids is 2. The van der Waals surface area contributed by atoms with Gasteiger partial charge >= 0.3 is 0 Å². The van der Waals surface area contributed by atoms with Crippen LogP contribution < -0.4 is 5.32 Å². The van der Waals surface area contributed by atoms with Crippen molar-refractivity contribution in [3.63, 3.8) is 0 Å². The zero-order valence-corrected chi connectivity index (χ0v) is 13.3. The number of hydrogen-bond acceptors (Lipinski definition) is 3. The molecule has 5 nitrogen and oxygen atoms in total. The summed E-state index contributed by atoms with van der Waals surface area (Å²) in [5.41, 5.74) is -0.743. The van der Waals surface area contributed by atoms with Gasteiger partial charge in [0.1, 0.15) is 11.6 Å². The van der Waals surface area contributed by atoms with E-state index in [0.717, 1.165) is 19.5 Å². The molecule has 0 bridgehead atoms. The zero-order chi connectivity index (χ0) is 15.1. The van der Waals surface area contributed by atoms with E-state index in [1.165, 1.54) is 0 Å². The summed E-state index contributed by atoms with van der Waals surface area (Å²) in [6.07, 6.45) is 1.57. The molecule has 2 aliphatic rings. The topological polar surface area (TPSA) is 52.7 Å². The minimum absolute atomic E-state index is 0.0277. The Balaban J connectivity index is 2.27. The van der Waals surface area contributed by atoms with Crippen LogP contribution in [-0.2, 0) is 9.59 Å². The van der Waals surface area contributed by atoms with Gasteiger partial charge < -0.3 is 15.1 Å². The quantitative estimate of drug-likeness (QED) is 0.816. The first kappa shape index (κ1) is 15.3. The van der Waals surface area contributed by atoms with E-state index in [1.807, 2.05) is 25.7 Å². The lowest BCUT2D eigenvalue weighted by atomic mass is 9.86. The van der Waals surface area contributed by atoms with E-state index >= 15 is 0 Å². The lowest BCUT2D eigenvalue weighted by Gasteiger charge is -2.50. The van der Waals surface area contributed by atoms with E-state index in [0.29, 0.717) is 12.3 Å². The number of nitrogens with zero attached hydrogens (tertiary/aromatic N) is 2. The Morgan fingerprint density at radius 3 is 2.55 bits per heavy atom. The first-order chi connectivity index (χ1) is 9.30. The van der Waals surface area contributed by atoms with Gasteiger partial charge in [-0.1, -0.05) is 13.8 Å². The Morgan fingerprint density at radius 1 is 1.35 bits per heavy atom. The van der Waals surface area contributed by atoms with Crippen LogP contribution in [0.2, 0.25) is 0 Å². The number of likely N-dealkylation sites (tertiary alicyclic amines) is 1. The number of rotatable bonds is 2. The van der Waals surface area contributed by atoms with E-state index in [1.54, 1.807) is 0 Å². The van der Waals surface area contributed by atoms with Gasteiger partial charge in [0.2, 0.25) is 11.8 Å². The van der Waals surface area contributed by atoms with Crippen molar-refractivity contribution < 1.29 is 9.59 Å². The molecule has 0 aromatic rings. The summed E-state index contributed by atoms with van der Waals surface area (Å²) < 4.78 is 0. The highest BCUT2D eigenvalue weighted by atomic mass is 16.2. The summed E-state index contributed by atoms with van der Waals surface area (Å²) in [6.45, 7) is 9.77. The molecular weight excluding hydrogens is 254 g/mol. The maximum absolute atomic E-state index is 12.9. The van der Waals surface area contributed by atoms with E-state index < -0.39 is 5.54 Å². The van der Waals surface area contributed by atoms with Crippen LogP contribution in [0.15, 0.2) is 0 Å². The number of piperidine rings is 1. The van der Waals surface area contributed by atoms with Crippen LogP contribution in [0, 0.1) is 5.92 Å². The number of piperazine rings is 1. The summed E-state index contributed by atoms with van der Waals surface area (Å²) in [4.78, 5) is 29.2. The third-order valence-corrected chi connectivity index (χ3v) is 5.03. The van der Waals surface area contributed by atoms with Gasteiger partial charge in [-0.25, -0.2) is 0 Å². The van der Waals surface area contributed by atoms with Crippen LogP contribution in [0.5, 0.6) is 0 Å². The average molecular weight is 281 g/mol. The molecule has 2 fully saturated rings. The second-order valence-electron chi connectivity index (χ2n) is 6.66. The van der Waals surface area contributed by atoms with E-state index in [9.17, 15) is 9.59 Å². The van der Waals surface area contributed by atoms with Crippen LogP contribution in [0.4, 0.5) is 0 Å². The lowest BCUT2D eigenvalue weighted by molar-refractivity contribution is -0.159. The van der Waals surface area contributed by atoms with Gasteiger partial charge in [0.15, 0.2) is 0 Å². The van der Waals surface area contributed by atoms with Crippen molar-refractivity contribution in [1.82, 2.24) is 15.1 Å². The maximum Gasteiger partial charge on any atom is 0.248 e. The zero-order valence-electron chi connectivity index (χ0n) is 13.3. The predicted molar refractivity (Wildman–Crippen MR) is 78.2 cm³/mol.